The molecule has 0 saturated heterocycles. The van der Waals surface area contributed by atoms with Gasteiger partial charge in [-0.3, -0.25) is 4.79 Å². The third-order valence-corrected chi connectivity index (χ3v) is 3.61. The van der Waals surface area contributed by atoms with E-state index >= 15 is 0 Å². The van der Waals surface area contributed by atoms with Crippen LogP contribution in [0.2, 0.25) is 0 Å². The van der Waals surface area contributed by atoms with E-state index in [-0.39, 0.29) is 24.0 Å². The molecule has 2 aromatic carbocycles. The van der Waals surface area contributed by atoms with Gasteiger partial charge in [0, 0.05) is 12.2 Å². The lowest BCUT2D eigenvalue weighted by atomic mass is 10.2. The summed E-state index contributed by atoms with van der Waals surface area (Å²) >= 11 is 0. The number of amides is 1. The number of halogens is 1. The maximum Gasteiger partial charge on any atom is 0.271 e. The predicted octanol–water partition coefficient (Wildman–Crippen LogP) is 3.30. The van der Waals surface area contributed by atoms with Crippen LogP contribution in [0.15, 0.2) is 60.9 Å². The van der Waals surface area contributed by atoms with Gasteiger partial charge in [0.1, 0.15) is 23.1 Å². The monoisotopic (exact) mass is 352 g/mol. The number of methoxy groups -OCH3 is 1. The number of hydrogen-bond acceptors (Lipinski definition) is 5. The summed E-state index contributed by atoms with van der Waals surface area (Å²) in [5.74, 6) is 0.615. The third kappa shape index (κ3) is 4.54. The molecule has 1 heterocycles. The van der Waals surface area contributed by atoms with Crippen LogP contribution in [-0.4, -0.2) is 23.0 Å². The number of nitrogens with one attached hydrogen (secondary N) is 2. The number of ether oxygens (including phenoxy) is 1. The first-order chi connectivity index (χ1) is 12.6. The van der Waals surface area contributed by atoms with Gasteiger partial charge in [0.25, 0.3) is 5.91 Å². The summed E-state index contributed by atoms with van der Waals surface area (Å²) in [5, 5.41) is 5.81. The highest BCUT2D eigenvalue weighted by Gasteiger charge is 2.08. The van der Waals surface area contributed by atoms with Crippen LogP contribution < -0.4 is 15.4 Å². The number of rotatable bonds is 6. The first kappa shape index (κ1) is 17.3. The highest BCUT2D eigenvalue weighted by atomic mass is 19.1. The molecule has 0 aliphatic rings. The predicted molar refractivity (Wildman–Crippen MR) is 95.9 cm³/mol. The zero-order valence-corrected chi connectivity index (χ0v) is 14.1. The van der Waals surface area contributed by atoms with Gasteiger partial charge < -0.3 is 15.4 Å². The van der Waals surface area contributed by atoms with Crippen LogP contribution in [0.4, 0.5) is 15.9 Å². The van der Waals surface area contributed by atoms with Crippen molar-refractivity contribution in [1.29, 1.82) is 0 Å². The van der Waals surface area contributed by atoms with Crippen LogP contribution in [0.5, 0.6) is 5.75 Å². The van der Waals surface area contributed by atoms with Gasteiger partial charge in [-0.05, 0) is 42.0 Å². The first-order valence-electron chi connectivity index (χ1n) is 7.90. The molecule has 132 valence electrons. The van der Waals surface area contributed by atoms with E-state index in [1.54, 1.807) is 19.2 Å². The van der Waals surface area contributed by atoms with E-state index in [1.165, 1.54) is 24.5 Å². The Hall–Kier alpha value is -3.48. The molecule has 0 aliphatic carbocycles. The normalized spacial score (nSPS) is 10.2. The van der Waals surface area contributed by atoms with Crippen LogP contribution in [0.25, 0.3) is 0 Å². The highest BCUT2D eigenvalue weighted by molar-refractivity contribution is 5.92. The second kappa shape index (κ2) is 8.06. The Morgan fingerprint density at radius 1 is 1.04 bits per heavy atom. The lowest BCUT2D eigenvalue weighted by Gasteiger charge is -2.08. The van der Waals surface area contributed by atoms with E-state index in [0.29, 0.717) is 5.82 Å². The third-order valence-electron chi connectivity index (χ3n) is 3.61. The number of benzene rings is 2. The summed E-state index contributed by atoms with van der Waals surface area (Å²) in [6.07, 6.45) is 2.88. The molecule has 0 bridgehead atoms. The zero-order valence-electron chi connectivity index (χ0n) is 14.1. The van der Waals surface area contributed by atoms with Crippen LogP contribution in [-0.2, 0) is 6.54 Å². The number of aromatic nitrogens is 2. The van der Waals surface area contributed by atoms with Crippen LogP contribution in [0.3, 0.4) is 0 Å². The Morgan fingerprint density at radius 2 is 1.77 bits per heavy atom. The van der Waals surface area contributed by atoms with Gasteiger partial charge in [-0.1, -0.05) is 12.1 Å². The molecule has 0 saturated carbocycles. The summed E-state index contributed by atoms with van der Waals surface area (Å²) in [6, 6.07) is 13.3. The number of carbonyl (C=O) groups excluding carboxylic acids is 1. The number of hydrogen-bond donors (Lipinski definition) is 2. The van der Waals surface area contributed by atoms with E-state index in [2.05, 4.69) is 20.6 Å². The lowest BCUT2D eigenvalue weighted by Crippen LogP contribution is -2.24. The second-order valence-electron chi connectivity index (χ2n) is 5.45. The zero-order chi connectivity index (χ0) is 18.4. The molecular weight excluding hydrogens is 335 g/mol. The second-order valence-corrected chi connectivity index (χ2v) is 5.45. The molecule has 0 fully saturated rings. The standard InChI is InChI=1S/C19H17FN4O2/c1-26-16-8-6-15(7-9-16)24-18-12-21-17(11-22-18)19(25)23-10-13-2-4-14(20)5-3-13/h2-9,11-12H,10H2,1H3,(H,22,24)(H,23,25). The van der Waals surface area contributed by atoms with Gasteiger partial charge >= 0.3 is 0 Å². The summed E-state index contributed by atoms with van der Waals surface area (Å²) in [4.78, 5) is 20.4. The first-order valence-corrected chi connectivity index (χ1v) is 7.90. The van der Waals surface area contributed by atoms with Crippen LogP contribution in [0.1, 0.15) is 16.1 Å². The molecule has 3 aromatic rings. The van der Waals surface area contributed by atoms with Crippen molar-refractivity contribution in [3.8, 4) is 5.75 Å². The lowest BCUT2D eigenvalue weighted by molar-refractivity contribution is 0.0945. The average Bonchev–Trinajstić information content (AvgIpc) is 2.68. The van der Waals surface area contributed by atoms with Crippen molar-refractivity contribution in [3.05, 3.63) is 78.0 Å². The molecule has 7 heteroatoms. The van der Waals surface area contributed by atoms with E-state index in [9.17, 15) is 9.18 Å². The minimum atomic E-state index is -0.349. The van der Waals surface area contributed by atoms with E-state index in [0.717, 1.165) is 17.0 Å². The highest BCUT2D eigenvalue weighted by Crippen LogP contribution is 2.18. The minimum absolute atomic E-state index is 0.201. The van der Waals surface area contributed by atoms with Gasteiger partial charge in [-0.25, -0.2) is 14.4 Å². The maximum absolute atomic E-state index is 12.9. The quantitative estimate of drug-likeness (QED) is 0.712. The average molecular weight is 352 g/mol. The molecule has 0 radical (unpaired) electrons. The smallest absolute Gasteiger partial charge is 0.271 e. The molecule has 26 heavy (non-hydrogen) atoms. The van der Waals surface area contributed by atoms with Crippen LogP contribution >= 0.6 is 0 Å². The van der Waals surface area contributed by atoms with Gasteiger partial charge in [0.05, 0.1) is 19.5 Å². The minimum Gasteiger partial charge on any atom is -0.497 e. The molecule has 0 atom stereocenters. The van der Waals surface area contributed by atoms with Crippen molar-refractivity contribution in [2.75, 3.05) is 12.4 Å². The van der Waals surface area contributed by atoms with E-state index < -0.39 is 0 Å². The number of nitrogens with zero attached hydrogens (tertiary/aromatic N) is 2. The van der Waals surface area contributed by atoms with Gasteiger partial charge in [-0.2, -0.15) is 0 Å². The topological polar surface area (TPSA) is 76.1 Å². The Labute approximate surface area is 150 Å². The molecule has 0 aliphatic heterocycles. The molecule has 0 unspecified atom stereocenters. The fraction of sp³-hybridized carbons (Fsp3) is 0.105. The Bertz CT molecular complexity index is 866. The number of anilines is 2. The maximum atomic E-state index is 12.9. The summed E-state index contributed by atoms with van der Waals surface area (Å²) in [7, 11) is 1.60. The summed E-state index contributed by atoms with van der Waals surface area (Å²) < 4.78 is 18.0. The molecule has 6 nitrogen and oxygen atoms in total. The molecular formula is C19H17FN4O2. The molecule has 0 spiro atoms. The van der Waals surface area contributed by atoms with Crippen molar-refractivity contribution < 1.29 is 13.9 Å². The summed E-state index contributed by atoms with van der Waals surface area (Å²) in [6.45, 7) is 0.284. The fourth-order valence-electron chi connectivity index (χ4n) is 2.21. The fourth-order valence-corrected chi connectivity index (χ4v) is 2.21. The largest absolute Gasteiger partial charge is 0.497 e. The van der Waals surface area contributed by atoms with Crippen molar-refractivity contribution in [2.24, 2.45) is 0 Å². The Morgan fingerprint density at radius 3 is 2.38 bits per heavy atom. The van der Waals surface area contributed by atoms with E-state index in [4.69, 9.17) is 4.74 Å². The van der Waals surface area contributed by atoms with Gasteiger partial charge in [-0.15, -0.1) is 0 Å². The Kier molecular flexibility index (Phi) is 5.38. The van der Waals surface area contributed by atoms with E-state index in [1.807, 2.05) is 24.3 Å². The van der Waals surface area contributed by atoms with Gasteiger partial charge in [0.15, 0.2) is 0 Å². The number of carbonyl (C=O) groups is 1. The summed E-state index contributed by atoms with van der Waals surface area (Å²) in [5.41, 5.74) is 1.83. The molecule has 1 amide bonds. The van der Waals surface area contributed by atoms with Gasteiger partial charge in [0.2, 0.25) is 0 Å². The van der Waals surface area contributed by atoms with Crippen molar-refractivity contribution >= 4 is 17.4 Å². The van der Waals surface area contributed by atoms with Crippen molar-refractivity contribution in [2.45, 2.75) is 6.54 Å². The molecule has 1 aromatic heterocycles. The molecule has 3 rings (SSSR count). The van der Waals surface area contributed by atoms with Crippen molar-refractivity contribution in [1.82, 2.24) is 15.3 Å². The van der Waals surface area contributed by atoms with Crippen molar-refractivity contribution in [3.63, 3.8) is 0 Å². The SMILES string of the molecule is COc1ccc(Nc2cnc(C(=O)NCc3ccc(F)cc3)cn2)cc1. The Balaban J connectivity index is 1.57. The van der Waals surface area contributed by atoms with Crippen LogP contribution in [0, 0.1) is 5.82 Å². The molecule has 2 N–H and O–H groups in total.